The van der Waals surface area contributed by atoms with Crippen molar-refractivity contribution in [1.82, 2.24) is 0 Å². The fraction of sp³-hybridized carbons (Fsp3) is 1.00. The van der Waals surface area contributed by atoms with Crippen molar-refractivity contribution in [2.75, 3.05) is 13.2 Å². The normalized spacial score (nSPS) is 12.7. The zero-order valence-corrected chi connectivity index (χ0v) is 20.4. The van der Waals surface area contributed by atoms with Crippen LogP contribution in [0.2, 0.25) is 29.8 Å². The van der Waals surface area contributed by atoms with Gasteiger partial charge in [-0.05, 0) is 43.7 Å². The maximum absolute atomic E-state index is 6.69. The fourth-order valence-corrected chi connectivity index (χ4v) is 18.8. The maximum atomic E-state index is 6.69. The van der Waals surface area contributed by atoms with Crippen molar-refractivity contribution in [3.8, 4) is 0 Å². The molecule has 0 aromatic heterocycles. The van der Waals surface area contributed by atoms with Crippen LogP contribution in [0.25, 0.3) is 0 Å². The van der Waals surface area contributed by atoms with Gasteiger partial charge in [-0.15, -0.1) is 0 Å². The van der Waals surface area contributed by atoms with Gasteiger partial charge < -0.3 is 8.85 Å². The van der Waals surface area contributed by atoms with Crippen molar-refractivity contribution in [3.05, 3.63) is 0 Å². The van der Waals surface area contributed by atoms with Gasteiger partial charge in [-0.25, -0.2) is 0 Å². The van der Waals surface area contributed by atoms with E-state index in [4.69, 9.17) is 8.85 Å². The van der Waals surface area contributed by atoms with E-state index in [1.54, 1.807) is 0 Å². The summed E-state index contributed by atoms with van der Waals surface area (Å²) < 4.78 is 13.4. The Kier molecular flexibility index (Phi) is 15.6. The molecule has 0 radical (unpaired) electrons. The van der Waals surface area contributed by atoms with E-state index in [-0.39, 0.29) is 0 Å². The van der Waals surface area contributed by atoms with Crippen molar-refractivity contribution < 1.29 is 8.85 Å². The Bertz CT molecular complexity index is 254. The molecule has 0 aromatic carbocycles. The molecule has 0 aliphatic rings. The largest absolute Gasteiger partial charge is 0.417 e. The van der Waals surface area contributed by atoms with Crippen LogP contribution < -0.4 is 0 Å². The van der Waals surface area contributed by atoms with E-state index in [1.165, 1.54) is 81.2 Å². The molecule has 4 heteroatoms. The predicted octanol–water partition coefficient (Wildman–Crippen LogP) is 7.69. The van der Waals surface area contributed by atoms with E-state index in [2.05, 4.69) is 41.5 Å². The first-order chi connectivity index (χ1) is 12.1. The van der Waals surface area contributed by atoms with Crippen molar-refractivity contribution in [1.29, 1.82) is 0 Å². The molecule has 0 atom stereocenters. The van der Waals surface area contributed by atoms with Gasteiger partial charge in [0, 0.05) is 13.2 Å². The molecule has 0 bridgehead atoms. The predicted molar refractivity (Wildman–Crippen MR) is 118 cm³/mol. The molecule has 0 N–H and O–H groups in total. The van der Waals surface area contributed by atoms with E-state index in [0.29, 0.717) is 0 Å². The summed E-state index contributed by atoms with van der Waals surface area (Å²) in [5.41, 5.74) is 1.36. The van der Waals surface area contributed by atoms with E-state index < -0.39 is 16.6 Å². The lowest BCUT2D eigenvalue weighted by molar-refractivity contribution is 0.300. The summed E-state index contributed by atoms with van der Waals surface area (Å²) in [6.07, 6.45) is 10.5. The zero-order chi connectivity index (χ0) is 19.0. The molecule has 152 valence electrons. The third-order valence-electron chi connectivity index (χ3n) is 5.49. The average molecular weight is 389 g/mol. The van der Waals surface area contributed by atoms with Crippen molar-refractivity contribution >= 4 is 16.6 Å². The summed E-state index contributed by atoms with van der Waals surface area (Å²) in [7, 11) is -3.35. The van der Waals surface area contributed by atoms with Gasteiger partial charge in [-0.2, -0.15) is 0 Å². The Morgan fingerprint density at radius 1 is 0.480 bits per heavy atom. The quantitative estimate of drug-likeness (QED) is 0.224. The number of hydrogen-bond donors (Lipinski definition) is 0. The van der Waals surface area contributed by atoms with Crippen LogP contribution in [-0.4, -0.2) is 29.8 Å². The Labute approximate surface area is 161 Å². The molecule has 0 aliphatic carbocycles. The minimum atomic E-state index is -1.67. The standard InChI is InChI=1S/C21H48O2Si2/c1-7-13-17-24(22-11-5,18-14-8-2)21-25(23-12-6,19-15-9-3)20-16-10-4/h7-21H2,1-6H3. The molecule has 0 aromatic rings. The lowest BCUT2D eigenvalue weighted by Gasteiger charge is -2.41. The van der Waals surface area contributed by atoms with E-state index in [0.717, 1.165) is 13.2 Å². The molecule has 2 nitrogen and oxygen atoms in total. The molecule has 0 fully saturated rings. The molecular weight excluding hydrogens is 340 g/mol. The van der Waals surface area contributed by atoms with E-state index >= 15 is 0 Å². The highest BCUT2D eigenvalue weighted by Gasteiger charge is 2.45. The van der Waals surface area contributed by atoms with Crippen LogP contribution in [-0.2, 0) is 8.85 Å². The first-order valence-corrected chi connectivity index (χ1v) is 16.4. The SMILES string of the molecule is CCCC[Si](CCCC)(C[Si](CCCC)(CCCC)OCC)OCC. The smallest absolute Gasteiger partial charge is 0.192 e. The number of unbranched alkanes of at least 4 members (excludes halogenated alkanes) is 4. The summed E-state index contributed by atoms with van der Waals surface area (Å²) >= 11 is 0. The van der Waals surface area contributed by atoms with Crippen LogP contribution in [0.3, 0.4) is 0 Å². The summed E-state index contributed by atoms with van der Waals surface area (Å²) in [4.78, 5) is 0. The molecule has 0 rings (SSSR count). The summed E-state index contributed by atoms with van der Waals surface area (Å²) in [5.74, 6) is 0. The number of hydrogen-bond acceptors (Lipinski definition) is 2. The highest BCUT2D eigenvalue weighted by atomic mass is 28.4. The molecule has 0 unspecified atom stereocenters. The summed E-state index contributed by atoms with van der Waals surface area (Å²) in [6, 6.07) is 5.43. The van der Waals surface area contributed by atoms with Gasteiger partial charge in [0.2, 0.25) is 0 Å². The first kappa shape index (κ1) is 25.4. The average Bonchev–Trinajstić information content (AvgIpc) is 2.61. The van der Waals surface area contributed by atoms with Gasteiger partial charge in [0.05, 0.1) is 0 Å². The van der Waals surface area contributed by atoms with Gasteiger partial charge >= 0.3 is 0 Å². The van der Waals surface area contributed by atoms with Crippen LogP contribution in [0.1, 0.15) is 92.9 Å². The van der Waals surface area contributed by atoms with Gasteiger partial charge in [-0.1, -0.05) is 79.1 Å². The highest BCUT2D eigenvalue weighted by Crippen LogP contribution is 2.37. The topological polar surface area (TPSA) is 18.5 Å². The monoisotopic (exact) mass is 388 g/mol. The van der Waals surface area contributed by atoms with E-state index in [9.17, 15) is 0 Å². The van der Waals surface area contributed by atoms with Gasteiger partial charge in [0.1, 0.15) is 0 Å². The summed E-state index contributed by atoms with van der Waals surface area (Å²) in [6.45, 7) is 15.5. The Balaban J connectivity index is 5.52. The first-order valence-electron chi connectivity index (χ1n) is 11.3. The molecule has 0 saturated heterocycles. The molecule has 0 amide bonds. The van der Waals surface area contributed by atoms with Gasteiger partial charge in [0.25, 0.3) is 0 Å². The second kappa shape index (κ2) is 15.4. The van der Waals surface area contributed by atoms with Gasteiger partial charge in [-0.3, -0.25) is 0 Å². The Hall–Kier alpha value is 0.354. The third kappa shape index (κ3) is 10.3. The maximum Gasteiger partial charge on any atom is 0.192 e. The van der Waals surface area contributed by atoms with E-state index in [1.807, 2.05) is 0 Å². The Morgan fingerprint density at radius 2 is 0.760 bits per heavy atom. The third-order valence-corrected chi connectivity index (χ3v) is 17.5. The van der Waals surface area contributed by atoms with Crippen LogP contribution in [0.15, 0.2) is 0 Å². The second-order valence-electron chi connectivity index (χ2n) is 7.82. The molecule has 0 saturated carbocycles. The minimum Gasteiger partial charge on any atom is -0.417 e. The van der Waals surface area contributed by atoms with Crippen LogP contribution in [0.5, 0.6) is 0 Å². The van der Waals surface area contributed by atoms with Crippen LogP contribution in [0.4, 0.5) is 0 Å². The molecular formula is C21H48O2Si2. The lowest BCUT2D eigenvalue weighted by Crippen LogP contribution is -2.51. The fourth-order valence-electron chi connectivity index (χ4n) is 4.19. The molecule has 0 heterocycles. The van der Waals surface area contributed by atoms with Crippen molar-refractivity contribution in [3.63, 3.8) is 0 Å². The van der Waals surface area contributed by atoms with Gasteiger partial charge in [0.15, 0.2) is 16.6 Å². The Morgan fingerprint density at radius 3 is 0.960 bits per heavy atom. The lowest BCUT2D eigenvalue weighted by atomic mass is 10.4. The zero-order valence-electron chi connectivity index (χ0n) is 18.4. The summed E-state index contributed by atoms with van der Waals surface area (Å²) in [5, 5.41) is 0. The molecule has 25 heavy (non-hydrogen) atoms. The second-order valence-corrected chi connectivity index (χ2v) is 16.5. The van der Waals surface area contributed by atoms with Crippen molar-refractivity contribution in [2.24, 2.45) is 0 Å². The molecule has 0 spiro atoms. The van der Waals surface area contributed by atoms with Crippen LogP contribution in [0, 0.1) is 0 Å². The van der Waals surface area contributed by atoms with Crippen LogP contribution >= 0.6 is 0 Å². The number of rotatable bonds is 18. The molecule has 0 aliphatic heterocycles. The highest BCUT2D eigenvalue weighted by molar-refractivity contribution is 6.91. The van der Waals surface area contributed by atoms with Crippen molar-refractivity contribution in [2.45, 2.75) is 123 Å². The minimum absolute atomic E-state index is 0.901.